The second-order valence-electron chi connectivity index (χ2n) is 6.46. The van der Waals surface area contributed by atoms with Crippen LogP contribution in [-0.2, 0) is 4.79 Å². The van der Waals surface area contributed by atoms with Gasteiger partial charge >= 0.3 is 0 Å². The third-order valence-electron chi connectivity index (χ3n) is 4.53. The number of hydrogen-bond acceptors (Lipinski definition) is 7. The van der Waals surface area contributed by atoms with Crippen molar-refractivity contribution in [1.82, 2.24) is 20.4 Å². The predicted molar refractivity (Wildman–Crippen MR) is 93.2 cm³/mol. The van der Waals surface area contributed by atoms with E-state index >= 15 is 0 Å². The van der Waals surface area contributed by atoms with Gasteiger partial charge in [0.2, 0.25) is 17.7 Å². The normalized spacial score (nSPS) is 19.1. The molecule has 0 bridgehead atoms. The molecular weight excluding hydrogens is 338 g/mol. The monoisotopic (exact) mass is 359 g/mol. The van der Waals surface area contributed by atoms with Gasteiger partial charge in [0.15, 0.2) is 0 Å². The van der Waals surface area contributed by atoms with E-state index in [0.717, 1.165) is 25.9 Å². The summed E-state index contributed by atoms with van der Waals surface area (Å²) in [4.78, 5) is 23.8. The average molecular weight is 359 g/mol. The van der Waals surface area contributed by atoms with Crippen LogP contribution in [0.5, 0.6) is 0 Å². The fraction of sp³-hybridized carbons (Fsp3) is 0.471. The largest absolute Gasteiger partial charge is 0.419 e. The zero-order chi connectivity index (χ0) is 18.7. The zero-order valence-corrected chi connectivity index (χ0v) is 14.7. The van der Waals surface area contributed by atoms with Gasteiger partial charge < -0.3 is 9.73 Å². The molecule has 9 nitrogen and oxygen atoms in total. The molecule has 0 radical (unpaired) electrons. The molecule has 2 aromatic rings. The summed E-state index contributed by atoms with van der Waals surface area (Å²) in [5, 5.41) is 21.9. The first-order valence-electron chi connectivity index (χ1n) is 8.53. The lowest BCUT2D eigenvalue weighted by atomic mass is 10.0. The molecule has 0 aliphatic carbocycles. The number of hydrogen-bond donors (Lipinski definition) is 1. The second-order valence-corrected chi connectivity index (χ2v) is 6.46. The number of benzene rings is 1. The van der Waals surface area contributed by atoms with Crippen molar-refractivity contribution in [2.75, 3.05) is 13.1 Å². The van der Waals surface area contributed by atoms with Gasteiger partial charge in [-0.05, 0) is 38.4 Å². The number of non-ortho nitro benzene ring substituents is 1. The number of nitro benzene ring substituents is 1. The van der Waals surface area contributed by atoms with E-state index in [1.54, 1.807) is 12.1 Å². The van der Waals surface area contributed by atoms with Crippen molar-refractivity contribution in [2.45, 2.75) is 38.8 Å². The van der Waals surface area contributed by atoms with Crippen LogP contribution in [0.4, 0.5) is 5.69 Å². The van der Waals surface area contributed by atoms with E-state index in [1.165, 1.54) is 19.1 Å². The molecule has 1 fully saturated rings. The molecule has 0 saturated carbocycles. The first kappa shape index (κ1) is 18.0. The van der Waals surface area contributed by atoms with Crippen LogP contribution in [0.2, 0.25) is 0 Å². The second kappa shape index (κ2) is 7.61. The summed E-state index contributed by atoms with van der Waals surface area (Å²) < 4.78 is 5.78. The number of amides is 1. The van der Waals surface area contributed by atoms with E-state index in [2.05, 4.69) is 20.4 Å². The molecule has 26 heavy (non-hydrogen) atoms. The molecule has 138 valence electrons. The Labute approximate surface area is 150 Å². The Balaban J connectivity index is 1.70. The molecule has 1 aliphatic heterocycles. The highest BCUT2D eigenvalue weighted by molar-refractivity contribution is 5.73. The molecule has 1 amide bonds. The summed E-state index contributed by atoms with van der Waals surface area (Å²) in [5.41, 5.74) is 0.649. The Bertz CT molecular complexity index is 789. The Morgan fingerprint density at radius 2 is 2.12 bits per heavy atom. The standard InChI is InChI=1S/C17H21N5O4/c1-11(21-9-3-4-14(10-21)18-12(2)23)16-19-20-17(26-16)13-5-7-15(8-6-13)22(24)25/h5-8,11,14H,3-4,9-10H2,1-2H3,(H,18,23). The third kappa shape index (κ3) is 4.05. The molecule has 1 N–H and O–H groups in total. The van der Waals surface area contributed by atoms with Crippen LogP contribution in [0.15, 0.2) is 28.7 Å². The maximum Gasteiger partial charge on any atom is 0.269 e. The number of carbonyl (C=O) groups is 1. The SMILES string of the molecule is CC(=O)NC1CCCN(C(C)c2nnc(-c3ccc([N+](=O)[O-])cc3)o2)C1. The van der Waals surface area contributed by atoms with Gasteiger partial charge in [0, 0.05) is 37.2 Å². The Hall–Kier alpha value is -2.81. The smallest absolute Gasteiger partial charge is 0.269 e. The van der Waals surface area contributed by atoms with Crippen LogP contribution in [0.3, 0.4) is 0 Å². The highest BCUT2D eigenvalue weighted by atomic mass is 16.6. The van der Waals surface area contributed by atoms with Crippen molar-refractivity contribution in [3.05, 3.63) is 40.3 Å². The average Bonchev–Trinajstić information content (AvgIpc) is 3.11. The van der Waals surface area contributed by atoms with Crippen molar-refractivity contribution in [1.29, 1.82) is 0 Å². The van der Waals surface area contributed by atoms with Crippen LogP contribution in [0, 0.1) is 10.1 Å². The minimum Gasteiger partial charge on any atom is -0.419 e. The summed E-state index contributed by atoms with van der Waals surface area (Å²) in [7, 11) is 0. The number of nitrogens with one attached hydrogen (secondary N) is 1. The Morgan fingerprint density at radius 1 is 1.38 bits per heavy atom. The van der Waals surface area contributed by atoms with E-state index in [4.69, 9.17) is 4.42 Å². The highest BCUT2D eigenvalue weighted by Gasteiger charge is 2.28. The number of likely N-dealkylation sites (tertiary alicyclic amines) is 1. The van der Waals surface area contributed by atoms with Crippen molar-refractivity contribution in [3.63, 3.8) is 0 Å². The number of nitro groups is 1. The van der Waals surface area contributed by atoms with Crippen LogP contribution in [0.25, 0.3) is 11.5 Å². The fourth-order valence-electron chi connectivity index (χ4n) is 3.17. The highest BCUT2D eigenvalue weighted by Crippen LogP contribution is 2.27. The molecule has 1 aromatic heterocycles. The van der Waals surface area contributed by atoms with E-state index in [0.29, 0.717) is 17.3 Å². The minimum absolute atomic E-state index is 0.0131. The van der Waals surface area contributed by atoms with Gasteiger partial charge in [-0.2, -0.15) is 0 Å². The molecule has 2 atom stereocenters. The van der Waals surface area contributed by atoms with Crippen molar-refractivity contribution < 1.29 is 14.1 Å². The Morgan fingerprint density at radius 3 is 2.77 bits per heavy atom. The topological polar surface area (TPSA) is 114 Å². The summed E-state index contributed by atoms with van der Waals surface area (Å²) in [5.74, 6) is 0.793. The number of piperidine rings is 1. The van der Waals surface area contributed by atoms with E-state index in [-0.39, 0.29) is 23.7 Å². The van der Waals surface area contributed by atoms with Gasteiger partial charge in [0.25, 0.3) is 5.69 Å². The molecule has 3 rings (SSSR count). The van der Waals surface area contributed by atoms with E-state index < -0.39 is 4.92 Å². The van der Waals surface area contributed by atoms with Crippen molar-refractivity contribution in [2.24, 2.45) is 0 Å². The molecule has 1 aliphatic rings. The van der Waals surface area contributed by atoms with Crippen molar-refractivity contribution >= 4 is 11.6 Å². The molecule has 9 heteroatoms. The lowest BCUT2D eigenvalue weighted by molar-refractivity contribution is -0.384. The van der Waals surface area contributed by atoms with Gasteiger partial charge in [-0.15, -0.1) is 10.2 Å². The molecule has 0 spiro atoms. The van der Waals surface area contributed by atoms with Crippen LogP contribution < -0.4 is 5.32 Å². The van der Waals surface area contributed by atoms with Gasteiger partial charge in [0.1, 0.15) is 0 Å². The molecule has 2 heterocycles. The Kier molecular flexibility index (Phi) is 5.27. The quantitative estimate of drug-likeness (QED) is 0.643. The minimum atomic E-state index is -0.451. The van der Waals surface area contributed by atoms with Gasteiger partial charge in [-0.3, -0.25) is 19.8 Å². The molecular formula is C17H21N5O4. The van der Waals surface area contributed by atoms with Gasteiger partial charge in [-0.25, -0.2) is 0 Å². The maximum atomic E-state index is 11.3. The van der Waals surface area contributed by atoms with Crippen LogP contribution in [0.1, 0.15) is 38.6 Å². The number of nitrogens with zero attached hydrogens (tertiary/aromatic N) is 4. The lowest BCUT2D eigenvalue weighted by Gasteiger charge is -2.35. The third-order valence-corrected chi connectivity index (χ3v) is 4.53. The maximum absolute atomic E-state index is 11.3. The van der Waals surface area contributed by atoms with Crippen LogP contribution in [-0.4, -0.2) is 45.1 Å². The zero-order valence-electron chi connectivity index (χ0n) is 14.7. The van der Waals surface area contributed by atoms with Gasteiger partial charge in [-0.1, -0.05) is 0 Å². The first-order valence-corrected chi connectivity index (χ1v) is 8.53. The lowest BCUT2D eigenvalue weighted by Crippen LogP contribution is -2.47. The molecule has 1 aromatic carbocycles. The molecule has 1 saturated heterocycles. The fourth-order valence-corrected chi connectivity index (χ4v) is 3.17. The van der Waals surface area contributed by atoms with Gasteiger partial charge in [0.05, 0.1) is 11.0 Å². The summed E-state index contributed by atoms with van der Waals surface area (Å²) in [6, 6.07) is 6.05. The summed E-state index contributed by atoms with van der Waals surface area (Å²) in [6.07, 6.45) is 1.94. The summed E-state index contributed by atoms with van der Waals surface area (Å²) in [6.45, 7) is 5.14. The molecule has 2 unspecified atom stereocenters. The first-order chi connectivity index (χ1) is 12.4. The van der Waals surface area contributed by atoms with Crippen molar-refractivity contribution in [3.8, 4) is 11.5 Å². The van der Waals surface area contributed by atoms with E-state index in [1.807, 2.05) is 6.92 Å². The number of aromatic nitrogens is 2. The number of rotatable bonds is 5. The summed E-state index contributed by atoms with van der Waals surface area (Å²) >= 11 is 0. The predicted octanol–water partition coefficient (Wildman–Crippen LogP) is 2.31. The van der Waals surface area contributed by atoms with E-state index in [9.17, 15) is 14.9 Å². The van der Waals surface area contributed by atoms with Crippen LogP contribution >= 0.6 is 0 Å². The number of carbonyl (C=O) groups excluding carboxylic acids is 1.